The van der Waals surface area contributed by atoms with Gasteiger partial charge in [-0.2, -0.15) is 0 Å². The maximum atomic E-state index is 13.0. The average molecular weight is 327 g/mol. The van der Waals surface area contributed by atoms with Crippen LogP contribution in [-0.2, 0) is 4.79 Å². The van der Waals surface area contributed by atoms with Gasteiger partial charge in [-0.1, -0.05) is 12.1 Å². The number of anilines is 2. The van der Waals surface area contributed by atoms with Gasteiger partial charge in [0.1, 0.15) is 5.82 Å². The lowest BCUT2D eigenvalue weighted by Gasteiger charge is -2.14. The number of rotatable bonds is 4. The van der Waals surface area contributed by atoms with E-state index in [0.717, 1.165) is 11.0 Å². The predicted molar refractivity (Wildman–Crippen MR) is 85.9 cm³/mol. The Morgan fingerprint density at radius 2 is 1.71 bits per heavy atom. The molecule has 0 atom stereocenters. The van der Waals surface area contributed by atoms with Crippen molar-refractivity contribution in [3.8, 4) is 0 Å². The third-order valence-corrected chi connectivity index (χ3v) is 3.73. The van der Waals surface area contributed by atoms with Crippen LogP contribution in [0.15, 0.2) is 42.5 Å². The molecular weight excluding hydrogens is 313 g/mol. The molecule has 1 heterocycles. The highest BCUT2D eigenvalue weighted by atomic mass is 19.1. The molecule has 0 aliphatic carbocycles. The fraction of sp³-hybridized carbons (Fsp3) is 0.118. The van der Waals surface area contributed by atoms with Crippen molar-refractivity contribution in [1.29, 1.82) is 0 Å². The molecule has 3 N–H and O–H groups in total. The standard InChI is InChI=1S/C17H14FN3O3/c18-10-5-6-14(13(19)9-10)20-15(22)7-8-21-16(23)11-3-1-2-4-12(11)17(21)24/h1-6,9H,7-8,19H2,(H,20,22). The van der Waals surface area contributed by atoms with Gasteiger partial charge in [0.25, 0.3) is 11.8 Å². The smallest absolute Gasteiger partial charge is 0.261 e. The van der Waals surface area contributed by atoms with Gasteiger partial charge in [0.2, 0.25) is 5.91 Å². The molecular formula is C17H14FN3O3. The summed E-state index contributed by atoms with van der Waals surface area (Å²) in [7, 11) is 0. The number of benzene rings is 2. The maximum Gasteiger partial charge on any atom is 0.261 e. The summed E-state index contributed by atoms with van der Waals surface area (Å²) in [5.41, 5.74) is 6.68. The molecule has 7 heteroatoms. The van der Waals surface area contributed by atoms with Crippen molar-refractivity contribution in [2.75, 3.05) is 17.6 Å². The van der Waals surface area contributed by atoms with Crippen LogP contribution in [0.4, 0.5) is 15.8 Å². The number of imide groups is 1. The van der Waals surface area contributed by atoms with Crippen molar-refractivity contribution in [2.45, 2.75) is 6.42 Å². The number of carbonyl (C=O) groups is 3. The molecule has 1 aliphatic rings. The molecule has 0 unspecified atom stereocenters. The van der Waals surface area contributed by atoms with E-state index >= 15 is 0 Å². The van der Waals surface area contributed by atoms with Gasteiger partial charge in [0.15, 0.2) is 0 Å². The Morgan fingerprint density at radius 3 is 2.29 bits per heavy atom. The van der Waals surface area contributed by atoms with Crippen LogP contribution in [0.3, 0.4) is 0 Å². The van der Waals surface area contributed by atoms with E-state index in [1.54, 1.807) is 24.3 Å². The Kier molecular flexibility index (Phi) is 3.99. The number of hydrogen-bond donors (Lipinski definition) is 2. The molecule has 0 aromatic heterocycles. The fourth-order valence-corrected chi connectivity index (χ4v) is 2.52. The summed E-state index contributed by atoms with van der Waals surface area (Å²) in [6, 6.07) is 10.1. The summed E-state index contributed by atoms with van der Waals surface area (Å²) in [6.07, 6.45) is -0.0811. The van der Waals surface area contributed by atoms with E-state index in [4.69, 9.17) is 5.73 Å². The molecule has 0 saturated heterocycles. The zero-order chi connectivity index (χ0) is 17.3. The second-order valence-electron chi connectivity index (χ2n) is 5.34. The van der Waals surface area contributed by atoms with Gasteiger partial charge in [0.05, 0.1) is 22.5 Å². The lowest BCUT2D eigenvalue weighted by Crippen LogP contribution is -2.32. The number of nitrogen functional groups attached to an aromatic ring is 1. The van der Waals surface area contributed by atoms with Crippen molar-refractivity contribution in [3.05, 3.63) is 59.4 Å². The number of hydrogen-bond acceptors (Lipinski definition) is 4. The van der Waals surface area contributed by atoms with Gasteiger partial charge in [-0.25, -0.2) is 4.39 Å². The van der Waals surface area contributed by atoms with Crippen LogP contribution < -0.4 is 11.1 Å². The summed E-state index contributed by atoms with van der Waals surface area (Å²) < 4.78 is 13.0. The molecule has 24 heavy (non-hydrogen) atoms. The highest BCUT2D eigenvalue weighted by Gasteiger charge is 2.34. The van der Waals surface area contributed by atoms with E-state index in [1.807, 2.05) is 0 Å². The number of halogens is 1. The minimum absolute atomic E-state index is 0.0424. The topological polar surface area (TPSA) is 92.5 Å². The number of carbonyl (C=O) groups excluding carboxylic acids is 3. The number of nitrogens with two attached hydrogens (primary N) is 1. The molecule has 0 saturated carbocycles. The second kappa shape index (κ2) is 6.11. The van der Waals surface area contributed by atoms with Crippen LogP contribution in [-0.4, -0.2) is 29.2 Å². The first-order valence-electron chi connectivity index (χ1n) is 7.27. The second-order valence-corrected chi connectivity index (χ2v) is 5.34. The summed E-state index contributed by atoms with van der Waals surface area (Å²) in [4.78, 5) is 37.4. The zero-order valence-corrected chi connectivity index (χ0v) is 12.6. The van der Waals surface area contributed by atoms with Gasteiger partial charge in [-0.15, -0.1) is 0 Å². The SMILES string of the molecule is Nc1cc(F)ccc1NC(=O)CCN1C(=O)c2ccccc2C1=O. The molecule has 6 nitrogen and oxygen atoms in total. The number of nitrogens with one attached hydrogen (secondary N) is 1. The first-order chi connectivity index (χ1) is 11.5. The van der Waals surface area contributed by atoms with E-state index in [9.17, 15) is 18.8 Å². The predicted octanol–water partition coefficient (Wildman–Crippen LogP) is 2.03. The Bertz CT molecular complexity index is 816. The third-order valence-electron chi connectivity index (χ3n) is 3.73. The lowest BCUT2D eigenvalue weighted by molar-refractivity contribution is -0.116. The summed E-state index contributed by atoms with van der Waals surface area (Å²) in [5, 5.41) is 2.53. The van der Waals surface area contributed by atoms with Crippen molar-refractivity contribution < 1.29 is 18.8 Å². The molecule has 122 valence electrons. The molecule has 2 aromatic carbocycles. The largest absolute Gasteiger partial charge is 0.397 e. The van der Waals surface area contributed by atoms with Crippen LogP contribution in [0.25, 0.3) is 0 Å². The van der Waals surface area contributed by atoms with Gasteiger partial charge in [0, 0.05) is 13.0 Å². The summed E-state index contributed by atoms with van der Waals surface area (Å²) in [5.74, 6) is -1.75. The number of nitrogens with zero attached hydrogens (tertiary/aromatic N) is 1. The van der Waals surface area contributed by atoms with E-state index in [-0.39, 0.29) is 24.3 Å². The van der Waals surface area contributed by atoms with Crippen LogP contribution in [0.2, 0.25) is 0 Å². The highest BCUT2D eigenvalue weighted by Crippen LogP contribution is 2.23. The Balaban J connectivity index is 1.63. The molecule has 3 amide bonds. The van der Waals surface area contributed by atoms with Crippen LogP contribution in [0.5, 0.6) is 0 Å². The first kappa shape index (κ1) is 15.7. The molecule has 0 fully saturated rings. The summed E-state index contributed by atoms with van der Waals surface area (Å²) >= 11 is 0. The normalized spacial score (nSPS) is 13.1. The summed E-state index contributed by atoms with van der Waals surface area (Å²) in [6.45, 7) is -0.0424. The van der Waals surface area contributed by atoms with Crippen molar-refractivity contribution in [1.82, 2.24) is 4.90 Å². The monoisotopic (exact) mass is 327 g/mol. The van der Waals surface area contributed by atoms with E-state index in [2.05, 4.69) is 5.32 Å². The molecule has 3 rings (SSSR count). The van der Waals surface area contributed by atoms with E-state index in [1.165, 1.54) is 12.1 Å². The number of fused-ring (bicyclic) bond motifs is 1. The van der Waals surface area contributed by atoms with Crippen LogP contribution in [0, 0.1) is 5.82 Å². The molecule has 2 aromatic rings. The molecule has 0 bridgehead atoms. The quantitative estimate of drug-likeness (QED) is 0.664. The van der Waals surface area contributed by atoms with E-state index in [0.29, 0.717) is 11.1 Å². The number of amides is 3. The maximum absolute atomic E-state index is 13.0. The fourth-order valence-electron chi connectivity index (χ4n) is 2.52. The Labute approximate surface area is 137 Å². The highest BCUT2D eigenvalue weighted by molar-refractivity contribution is 6.21. The minimum atomic E-state index is -0.503. The lowest BCUT2D eigenvalue weighted by atomic mass is 10.1. The molecule has 0 spiro atoms. The molecule has 0 radical (unpaired) electrons. The van der Waals surface area contributed by atoms with Crippen molar-refractivity contribution in [3.63, 3.8) is 0 Å². The van der Waals surface area contributed by atoms with Gasteiger partial charge < -0.3 is 11.1 Å². The van der Waals surface area contributed by atoms with E-state index < -0.39 is 23.5 Å². The molecule has 1 aliphatic heterocycles. The first-order valence-corrected chi connectivity index (χ1v) is 7.27. The Morgan fingerprint density at radius 1 is 1.08 bits per heavy atom. The van der Waals surface area contributed by atoms with Gasteiger partial charge in [-0.3, -0.25) is 19.3 Å². The minimum Gasteiger partial charge on any atom is -0.397 e. The Hall–Kier alpha value is -3.22. The van der Waals surface area contributed by atoms with Crippen LogP contribution in [0.1, 0.15) is 27.1 Å². The third kappa shape index (κ3) is 2.83. The van der Waals surface area contributed by atoms with Crippen molar-refractivity contribution >= 4 is 29.1 Å². The zero-order valence-electron chi connectivity index (χ0n) is 12.6. The van der Waals surface area contributed by atoms with Crippen LogP contribution >= 0.6 is 0 Å². The van der Waals surface area contributed by atoms with Gasteiger partial charge in [-0.05, 0) is 30.3 Å². The van der Waals surface area contributed by atoms with Gasteiger partial charge >= 0.3 is 0 Å². The van der Waals surface area contributed by atoms with Crippen molar-refractivity contribution in [2.24, 2.45) is 0 Å². The average Bonchev–Trinajstić information content (AvgIpc) is 2.80.